The second-order valence-corrected chi connectivity index (χ2v) is 7.16. The average molecular weight is 327 g/mol. The van der Waals surface area contributed by atoms with E-state index in [2.05, 4.69) is 0 Å². The second-order valence-electron chi connectivity index (χ2n) is 5.52. The molecule has 2 aliphatic heterocycles. The number of fused-ring (bicyclic) bond motifs is 1. The molecule has 1 amide bonds. The standard InChI is InChI=1S/C14H17NO6S/c1-22(17,18)21-8-11-5-14(16)15(7-11)6-10-2-3-12-13(4-10)20-9-19-12/h2-4,11H,5-9H2,1H3. The van der Waals surface area contributed by atoms with E-state index in [1.807, 2.05) is 18.2 Å². The highest BCUT2D eigenvalue weighted by molar-refractivity contribution is 7.85. The Labute approximate surface area is 128 Å². The molecule has 3 rings (SSSR count). The van der Waals surface area contributed by atoms with Gasteiger partial charge >= 0.3 is 0 Å². The number of hydrogen-bond donors (Lipinski definition) is 0. The highest BCUT2D eigenvalue weighted by Gasteiger charge is 2.30. The molecule has 1 atom stereocenters. The SMILES string of the molecule is CS(=O)(=O)OCC1CC(=O)N(Cc2ccc3c(c2)OCO3)C1. The largest absolute Gasteiger partial charge is 0.454 e. The number of hydrogen-bond acceptors (Lipinski definition) is 6. The molecule has 0 radical (unpaired) electrons. The minimum absolute atomic E-state index is 0.000215. The Morgan fingerprint density at radius 1 is 1.32 bits per heavy atom. The van der Waals surface area contributed by atoms with E-state index in [0.29, 0.717) is 31.0 Å². The maximum Gasteiger partial charge on any atom is 0.264 e. The second kappa shape index (κ2) is 5.77. The number of carbonyl (C=O) groups excluding carboxylic acids is 1. The van der Waals surface area contributed by atoms with Crippen LogP contribution in [0, 0.1) is 5.92 Å². The van der Waals surface area contributed by atoms with Crippen molar-refractivity contribution >= 4 is 16.0 Å². The van der Waals surface area contributed by atoms with Gasteiger partial charge in [0.1, 0.15) is 0 Å². The van der Waals surface area contributed by atoms with E-state index in [1.54, 1.807) is 4.90 Å². The molecule has 120 valence electrons. The molecule has 1 aromatic rings. The maximum atomic E-state index is 12.0. The zero-order chi connectivity index (χ0) is 15.7. The lowest BCUT2D eigenvalue weighted by atomic mass is 10.1. The Kier molecular flexibility index (Phi) is 3.96. The topological polar surface area (TPSA) is 82.1 Å². The monoisotopic (exact) mass is 327 g/mol. The Hall–Kier alpha value is -1.80. The van der Waals surface area contributed by atoms with Gasteiger partial charge in [0.05, 0.1) is 12.9 Å². The van der Waals surface area contributed by atoms with Gasteiger partial charge in [-0.25, -0.2) is 0 Å². The number of likely N-dealkylation sites (tertiary alicyclic amines) is 1. The average Bonchev–Trinajstić information content (AvgIpc) is 3.03. The van der Waals surface area contributed by atoms with Crippen molar-refractivity contribution in [3.05, 3.63) is 23.8 Å². The van der Waals surface area contributed by atoms with Gasteiger partial charge in [0.15, 0.2) is 11.5 Å². The third-order valence-corrected chi connectivity index (χ3v) is 4.19. The van der Waals surface area contributed by atoms with Crippen molar-refractivity contribution in [2.24, 2.45) is 5.92 Å². The molecule has 2 heterocycles. The first-order chi connectivity index (χ1) is 10.4. The molecule has 8 heteroatoms. The van der Waals surface area contributed by atoms with Gasteiger partial charge in [-0.2, -0.15) is 8.42 Å². The van der Waals surface area contributed by atoms with Crippen LogP contribution in [0.1, 0.15) is 12.0 Å². The van der Waals surface area contributed by atoms with Gasteiger partial charge in [0.2, 0.25) is 12.7 Å². The summed E-state index contributed by atoms with van der Waals surface area (Å²) in [5, 5.41) is 0. The first-order valence-electron chi connectivity index (χ1n) is 6.91. The number of rotatable bonds is 5. The van der Waals surface area contributed by atoms with Gasteiger partial charge in [-0.05, 0) is 17.7 Å². The summed E-state index contributed by atoms with van der Waals surface area (Å²) in [5.74, 6) is 1.29. The van der Waals surface area contributed by atoms with Crippen LogP contribution >= 0.6 is 0 Å². The van der Waals surface area contributed by atoms with Crippen LogP contribution in [-0.4, -0.2) is 45.4 Å². The number of nitrogens with zero attached hydrogens (tertiary/aromatic N) is 1. The van der Waals surface area contributed by atoms with E-state index in [1.165, 1.54) is 0 Å². The molecule has 0 spiro atoms. The lowest BCUT2D eigenvalue weighted by Crippen LogP contribution is -2.25. The van der Waals surface area contributed by atoms with Crippen LogP contribution in [0.25, 0.3) is 0 Å². The third kappa shape index (κ3) is 3.50. The molecule has 0 saturated carbocycles. The van der Waals surface area contributed by atoms with Crippen LogP contribution in [0.5, 0.6) is 11.5 Å². The van der Waals surface area contributed by atoms with Crippen LogP contribution < -0.4 is 9.47 Å². The maximum absolute atomic E-state index is 12.0. The molecule has 0 aliphatic carbocycles. The lowest BCUT2D eigenvalue weighted by Gasteiger charge is -2.17. The Morgan fingerprint density at radius 3 is 2.86 bits per heavy atom. The van der Waals surface area contributed by atoms with Crippen LogP contribution in [-0.2, 0) is 25.6 Å². The first-order valence-corrected chi connectivity index (χ1v) is 8.73. The normalized spacial score (nSPS) is 20.7. The first kappa shape index (κ1) is 15.1. The van der Waals surface area contributed by atoms with Crippen molar-refractivity contribution in [3.8, 4) is 11.5 Å². The van der Waals surface area contributed by atoms with Gasteiger partial charge in [-0.1, -0.05) is 6.07 Å². The fourth-order valence-corrected chi connectivity index (χ4v) is 3.04. The third-order valence-electron chi connectivity index (χ3n) is 3.62. The van der Waals surface area contributed by atoms with E-state index in [4.69, 9.17) is 13.7 Å². The summed E-state index contributed by atoms with van der Waals surface area (Å²) in [5.41, 5.74) is 0.947. The van der Waals surface area contributed by atoms with Crippen molar-refractivity contribution in [1.82, 2.24) is 4.90 Å². The molecule has 2 aliphatic rings. The summed E-state index contributed by atoms with van der Waals surface area (Å²) < 4.78 is 37.3. The van der Waals surface area contributed by atoms with E-state index in [9.17, 15) is 13.2 Å². The van der Waals surface area contributed by atoms with Crippen molar-refractivity contribution in [3.63, 3.8) is 0 Å². The van der Waals surface area contributed by atoms with E-state index >= 15 is 0 Å². The van der Waals surface area contributed by atoms with E-state index < -0.39 is 10.1 Å². The minimum Gasteiger partial charge on any atom is -0.454 e. The summed E-state index contributed by atoms with van der Waals surface area (Å²) in [6.45, 7) is 1.21. The molecule has 1 unspecified atom stereocenters. The molecular weight excluding hydrogens is 310 g/mol. The van der Waals surface area contributed by atoms with Gasteiger partial charge in [0.25, 0.3) is 10.1 Å². The van der Waals surface area contributed by atoms with Crippen molar-refractivity contribution in [2.75, 3.05) is 26.2 Å². The molecular formula is C14H17NO6S. The zero-order valence-corrected chi connectivity index (χ0v) is 13.0. The van der Waals surface area contributed by atoms with Crippen LogP contribution in [0.15, 0.2) is 18.2 Å². The molecule has 1 aromatic carbocycles. The van der Waals surface area contributed by atoms with Gasteiger partial charge in [0, 0.05) is 25.4 Å². The molecule has 1 fully saturated rings. The fourth-order valence-electron chi connectivity index (χ4n) is 2.60. The Balaban J connectivity index is 1.60. The molecule has 0 aromatic heterocycles. The van der Waals surface area contributed by atoms with Crippen LogP contribution in [0.2, 0.25) is 0 Å². The number of carbonyl (C=O) groups is 1. The summed E-state index contributed by atoms with van der Waals surface area (Å²) in [6, 6.07) is 5.57. The molecule has 0 bridgehead atoms. The Bertz CT molecular complexity index is 687. The molecule has 0 N–H and O–H groups in total. The number of ether oxygens (including phenoxy) is 2. The molecule has 22 heavy (non-hydrogen) atoms. The van der Waals surface area contributed by atoms with Gasteiger partial charge in [-0.15, -0.1) is 0 Å². The zero-order valence-electron chi connectivity index (χ0n) is 12.1. The molecule has 7 nitrogen and oxygen atoms in total. The van der Waals surface area contributed by atoms with E-state index in [-0.39, 0.29) is 25.2 Å². The van der Waals surface area contributed by atoms with Crippen molar-refractivity contribution in [2.45, 2.75) is 13.0 Å². The Morgan fingerprint density at radius 2 is 2.09 bits per heavy atom. The summed E-state index contributed by atoms with van der Waals surface area (Å²) in [7, 11) is -3.47. The summed E-state index contributed by atoms with van der Waals surface area (Å²) in [6.07, 6.45) is 1.31. The fraction of sp³-hybridized carbons (Fsp3) is 0.500. The van der Waals surface area contributed by atoms with Crippen LogP contribution in [0.3, 0.4) is 0 Å². The van der Waals surface area contributed by atoms with E-state index in [0.717, 1.165) is 11.8 Å². The highest BCUT2D eigenvalue weighted by atomic mass is 32.2. The predicted octanol–water partition coefficient (Wildman–Crippen LogP) is 0.740. The van der Waals surface area contributed by atoms with Crippen LogP contribution in [0.4, 0.5) is 0 Å². The predicted molar refractivity (Wildman–Crippen MR) is 76.9 cm³/mol. The highest BCUT2D eigenvalue weighted by Crippen LogP contribution is 2.33. The van der Waals surface area contributed by atoms with Crippen molar-refractivity contribution in [1.29, 1.82) is 0 Å². The summed E-state index contributed by atoms with van der Waals surface area (Å²) >= 11 is 0. The lowest BCUT2D eigenvalue weighted by molar-refractivity contribution is -0.128. The number of benzene rings is 1. The van der Waals surface area contributed by atoms with Crippen molar-refractivity contribution < 1.29 is 26.9 Å². The quantitative estimate of drug-likeness (QED) is 0.742. The number of amides is 1. The molecule has 1 saturated heterocycles. The smallest absolute Gasteiger partial charge is 0.264 e. The minimum atomic E-state index is -3.47. The van der Waals surface area contributed by atoms with Gasteiger partial charge < -0.3 is 14.4 Å². The van der Waals surface area contributed by atoms with Gasteiger partial charge in [-0.3, -0.25) is 8.98 Å². The summed E-state index contributed by atoms with van der Waals surface area (Å²) in [4.78, 5) is 13.7.